The molecule has 9 nitrogen and oxygen atoms in total. The first kappa shape index (κ1) is 22.9. The fraction of sp³-hybridized carbons (Fsp3) is 0.474. The Labute approximate surface area is 163 Å². The highest BCUT2D eigenvalue weighted by atomic mass is 16.5. The standard InChI is InChI=1S/C19H27N3O6/c1-4-12(2)16(18(25)27-3)22-15(23)11-28-17(24)14(21-19(20)26)10-13-8-6-5-7-9-13/h5-9,12,14,16H,4,10-11H2,1-3H3,(H,22,23)(H3,20,21,26)/t12-,14-,16-/m0/s1. The SMILES string of the molecule is CC[C@H](C)[C@H](NC(=O)COC(=O)[C@H](Cc1ccccc1)NC(N)=O)C(=O)OC. The highest BCUT2D eigenvalue weighted by Crippen LogP contribution is 2.09. The Morgan fingerprint density at radius 1 is 1.07 bits per heavy atom. The monoisotopic (exact) mass is 393 g/mol. The second-order valence-electron chi connectivity index (χ2n) is 6.31. The van der Waals surface area contributed by atoms with Gasteiger partial charge in [-0.2, -0.15) is 0 Å². The first-order chi connectivity index (χ1) is 13.3. The maximum absolute atomic E-state index is 12.3. The summed E-state index contributed by atoms with van der Waals surface area (Å²) in [6.07, 6.45) is 0.795. The van der Waals surface area contributed by atoms with Gasteiger partial charge in [-0.3, -0.25) is 4.79 Å². The molecule has 3 atom stereocenters. The summed E-state index contributed by atoms with van der Waals surface area (Å²) < 4.78 is 9.68. The Balaban J connectivity index is 2.67. The van der Waals surface area contributed by atoms with Crippen LogP contribution in [0.5, 0.6) is 0 Å². The fourth-order valence-electron chi connectivity index (χ4n) is 2.46. The number of carbonyl (C=O) groups is 4. The van der Waals surface area contributed by atoms with Crippen LogP contribution in [0, 0.1) is 5.92 Å². The maximum Gasteiger partial charge on any atom is 0.329 e. The van der Waals surface area contributed by atoms with Crippen LogP contribution in [0.1, 0.15) is 25.8 Å². The van der Waals surface area contributed by atoms with E-state index in [9.17, 15) is 19.2 Å². The molecule has 4 N–H and O–H groups in total. The van der Waals surface area contributed by atoms with Gasteiger partial charge in [0.1, 0.15) is 12.1 Å². The van der Waals surface area contributed by atoms with Gasteiger partial charge in [-0.15, -0.1) is 0 Å². The number of hydrogen-bond acceptors (Lipinski definition) is 6. The van der Waals surface area contributed by atoms with Crippen molar-refractivity contribution in [2.24, 2.45) is 11.7 Å². The number of carbonyl (C=O) groups excluding carboxylic acids is 4. The zero-order chi connectivity index (χ0) is 21.1. The largest absolute Gasteiger partial charge is 0.467 e. The number of primary amides is 1. The van der Waals surface area contributed by atoms with Gasteiger partial charge in [0.25, 0.3) is 5.91 Å². The predicted molar refractivity (Wildman–Crippen MR) is 101 cm³/mol. The van der Waals surface area contributed by atoms with E-state index in [1.54, 1.807) is 31.2 Å². The van der Waals surface area contributed by atoms with Crippen molar-refractivity contribution in [3.63, 3.8) is 0 Å². The number of nitrogens with one attached hydrogen (secondary N) is 2. The Kier molecular flexibility index (Phi) is 9.49. The topological polar surface area (TPSA) is 137 Å². The first-order valence-corrected chi connectivity index (χ1v) is 8.92. The summed E-state index contributed by atoms with van der Waals surface area (Å²) >= 11 is 0. The van der Waals surface area contributed by atoms with Gasteiger partial charge in [0, 0.05) is 6.42 Å². The molecule has 3 amide bonds. The molecule has 0 spiro atoms. The maximum atomic E-state index is 12.3. The lowest BCUT2D eigenvalue weighted by Crippen LogP contribution is -2.49. The van der Waals surface area contributed by atoms with Crippen LogP contribution in [0.25, 0.3) is 0 Å². The minimum absolute atomic E-state index is 0.155. The van der Waals surface area contributed by atoms with Gasteiger partial charge < -0.3 is 25.8 Å². The Morgan fingerprint density at radius 2 is 1.71 bits per heavy atom. The van der Waals surface area contributed by atoms with Crippen molar-refractivity contribution in [3.05, 3.63) is 35.9 Å². The van der Waals surface area contributed by atoms with E-state index in [1.165, 1.54) is 7.11 Å². The predicted octanol–water partition coefficient (Wildman–Crippen LogP) is 0.513. The summed E-state index contributed by atoms with van der Waals surface area (Å²) in [5, 5.41) is 4.81. The molecule has 28 heavy (non-hydrogen) atoms. The third kappa shape index (κ3) is 7.65. The number of ether oxygens (including phenoxy) is 2. The summed E-state index contributed by atoms with van der Waals surface area (Å²) in [5.41, 5.74) is 5.90. The number of esters is 2. The van der Waals surface area contributed by atoms with E-state index in [4.69, 9.17) is 10.5 Å². The molecular weight excluding hydrogens is 366 g/mol. The molecule has 154 valence electrons. The van der Waals surface area contributed by atoms with Gasteiger partial charge in [0.2, 0.25) is 0 Å². The normalized spacial score (nSPS) is 13.5. The lowest BCUT2D eigenvalue weighted by Gasteiger charge is -2.22. The van der Waals surface area contributed by atoms with Crippen molar-refractivity contribution in [1.82, 2.24) is 10.6 Å². The molecule has 0 heterocycles. The van der Waals surface area contributed by atoms with Crippen molar-refractivity contribution in [3.8, 4) is 0 Å². The lowest BCUT2D eigenvalue weighted by atomic mass is 9.99. The summed E-state index contributed by atoms with van der Waals surface area (Å²) in [6.45, 7) is 3.06. The Hall–Kier alpha value is -3.10. The van der Waals surface area contributed by atoms with Crippen LogP contribution in [-0.4, -0.2) is 49.7 Å². The number of hydrogen-bond donors (Lipinski definition) is 3. The number of nitrogens with two attached hydrogens (primary N) is 1. The van der Waals surface area contributed by atoms with E-state index in [2.05, 4.69) is 15.4 Å². The molecule has 0 bridgehead atoms. The van der Waals surface area contributed by atoms with E-state index < -0.39 is 42.6 Å². The summed E-state index contributed by atoms with van der Waals surface area (Å²) in [7, 11) is 1.23. The van der Waals surface area contributed by atoms with Gasteiger partial charge in [-0.25, -0.2) is 14.4 Å². The van der Waals surface area contributed by atoms with Crippen LogP contribution in [0.2, 0.25) is 0 Å². The van der Waals surface area contributed by atoms with E-state index in [1.807, 2.05) is 13.0 Å². The van der Waals surface area contributed by atoms with Gasteiger partial charge in [0.15, 0.2) is 6.61 Å². The zero-order valence-electron chi connectivity index (χ0n) is 16.3. The molecular formula is C19H27N3O6. The number of amides is 3. The van der Waals surface area contributed by atoms with Crippen LogP contribution in [0.3, 0.4) is 0 Å². The molecule has 0 saturated carbocycles. The number of methoxy groups -OCH3 is 1. The van der Waals surface area contributed by atoms with Gasteiger partial charge >= 0.3 is 18.0 Å². The van der Waals surface area contributed by atoms with Gasteiger partial charge in [-0.05, 0) is 11.5 Å². The van der Waals surface area contributed by atoms with Gasteiger partial charge in [-0.1, -0.05) is 50.6 Å². The van der Waals surface area contributed by atoms with Crippen molar-refractivity contribution < 1.29 is 28.7 Å². The molecule has 0 aliphatic rings. The van der Waals surface area contributed by atoms with Crippen LogP contribution in [0.15, 0.2) is 30.3 Å². The molecule has 1 rings (SSSR count). The molecule has 1 aromatic carbocycles. The molecule has 0 radical (unpaired) electrons. The molecule has 9 heteroatoms. The average Bonchev–Trinajstić information content (AvgIpc) is 2.68. The number of urea groups is 1. The van der Waals surface area contributed by atoms with Crippen molar-refractivity contribution in [2.75, 3.05) is 13.7 Å². The Morgan fingerprint density at radius 3 is 2.25 bits per heavy atom. The molecule has 0 unspecified atom stereocenters. The van der Waals surface area contributed by atoms with Gasteiger partial charge in [0.05, 0.1) is 7.11 Å². The summed E-state index contributed by atoms with van der Waals surface area (Å²) in [6, 6.07) is 6.19. The van der Waals surface area contributed by atoms with Crippen LogP contribution >= 0.6 is 0 Å². The van der Waals surface area contributed by atoms with Crippen molar-refractivity contribution >= 4 is 23.9 Å². The summed E-state index contributed by atoms with van der Waals surface area (Å²) in [5.74, 6) is -2.20. The Bertz CT molecular complexity index is 680. The van der Waals surface area contributed by atoms with E-state index in [-0.39, 0.29) is 12.3 Å². The zero-order valence-corrected chi connectivity index (χ0v) is 16.3. The van der Waals surface area contributed by atoms with Crippen LogP contribution in [0.4, 0.5) is 4.79 Å². The molecule has 0 fully saturated rings. The number of benzene rings is 1. The molecule has 1 aromatic rings. The minimum Gasteiger partial charge on any atom is -0.467 e. The lowest BCUT2D eigenvalue weighted by molar-refractivity contribution is -0.152. The fourth-order valence-corrected chi connectivity index (χ4v) is 2.46. The molecule has 0 saturated heterocycles. The third-order valence-electron chi connectivity index (χ3n) is 4.21. The smallest absolute Gasteiger partial charge is 0.329 e. The first-order valence-electron chi connectivity index (χ1n) is 8.92. The van der Waals surface area contributed by atoms with E-state index >= 15 is 0 Å². The van der Waals surface area contributed by atoms with Crippen LogP contribution in [-0.2, 0) is 30.3 Å². The minimum atomic E-state index is -1.04. The highest BCUT2D eigenvalue weighted by Gasteiger charge is 2.28. The van der Waals surface area contributed by atoms with E-state index in [0.29, 0.717) is 6.42 Å². The molecule has 0 aliphatic carbocycles. The summed E-state index contributed by atoms with van der Waals surface area (Å²) in [4.78, 5) is 47.4. The van der Waals surface area contributed by atoms with E-state index in [0.717, 1.165) is 5.56 Å². The molecule has 0 aromatic heterocycles. The third-order valence-corrected chi connectivity index (χ3v) is 4.21. The van der Waals surface area contributed by atoms with Crippen molar-refractivity contribution in [1.29, 1.82) is 0 Å². The average molecular weight is 393 g/mol. The van der Waals surface area contributed by atoms with Crippen molar-refractivity contribution in [2.45, 2.75) is 38.8 Å². The highest BCUT2D eigenvalue weighted by molar-refractivity contribution is 5.88. The second kappa shape index (κ2) is 11.6. The quantitative estimate of drug-likeness (QED) is 0.496. The second-order valence-corrected chi connectivity index (χ2v) is 6.31. The van der Waals surface area contributed by atoms with Crippen LogP contribution < -0.4 is 16.4 Å². The number of rotatable bonds is 10. The molecule has 0 aliphatic heterocycles.